The first-order chi connectivity index (χ1) is 11.0. The molecule has 0 aliphatic carbocycles. The van der Waals surface area contributed by atoms with E-state index in [4.69, 9.17) is 4.74 Å². The Bertz CT molecular complexity index is 523. The Morgan fingerprint density at radius 3 is 2.70 bits per heavy atom. The van der Waals surface area contributed by atoms with Crippen molar-refractivity contribution in [2.45, 2.75) is 36.9 Å². The fourth-order valence-corrected chi connectivity index (χ4v) is 4.58. The zero-order valence-corrected chi connectivity index (χ0v) is 13.8. The van der Waals surface area contributed by atoms with Crippen molar-refractivity contribution in [1.29, 1.82) is 0 Å². The Morgan fingerprint density at radius 2 is 2.04 bits per heavy atom. The standard InChI is InChI=1S/C17H22F3NOS/c18-17(19,20)14-3-1-2-13(10-14)16(5-7-22-8-6-16)12-21-15-4-9-23-11-15/h1-3,10,15,21H,4-9,11-12H2/t15-/m0/s1. The molecule has 0 spiro atoms. The van der Waals surface area contributed by atoms with E-state index in [1.165, 1.54) is 12.1 Å². The predicted molar refractivity (Wildman–Crippen MR) is 86.9 cm³/mol. The topological polar surface area (TPSA) is 21.3 Å². The lowest BCUT2D eigenvalue weighted by atomic mass is 9.73. The van der Waals surface area contributed by atoms with Crippen molar-refractivity contribution in [3.05, 3.63) is 35.4 Å². The zero-order chi connectivity index (χ0) is 16.3. The summed E-state index contributed by atoms with van der Waals surface area (Å²) in [5.41, 5.74) is -0.0293. The number of thioether (sulfide) groups is 1. The largest absolute Gasteiger partial charge is 0.416 e. The smallest absolute Gasteiger partial charge is 0.381 e. The number of hydrogen-bond acceptors (Lipinski definition) is 3. The van der Waals surface area contributed by atoms with E-state index in [2.05, 4.69) is 5.32 Å². The van der Waals surface area contributed by atoms with Gasteiger partial charge in [0.25, 0.3) is 0 Å². The normalized spacial score (nSPS) is 24.7. The van der Waals surface area contributed by atoms with Crippen LogP contribution in [0, 0.1) is 0 Å². The third kappa shape index (κ3) is 4.03. The highest BCUT2D eigenvalue weighted by molar-refractivity contribution is 7.99. The quantitative estimate of drug-likeness (QED) is 0.896. The molecule has 1 atom stereocenters. The van der Waals surface area contributed by atoms with Crippen molar-refractivity contribution >= 4 is 11.8 Å². The number of halogens is 3. The molecule has 128 valence electrons. The van der Waals surface area contributed by atoms with Gasteiger partial charge in [0.1, 0.15) is 0 Å². The Balaban J connectivity index is 1.82. The minimum absolute atomic E-state index is 0.257. The maximum Gasteiger partial charge on any atom is 0.416 e. The summed E-state index contributed by atoms with van der Waals surface area (Å²) in [4.78, 5) is 0. The van der Waals surface area contributed by atoms with Crippen LogP contribution in [0.25, 0.3) is 0 Å². The van der Waals surface area contributed by atoms with Crippen LogP contribution < -0.4 is 5.32 Å². The second-order valence-electron chi connectivity index (χ2n) is 6.41. The molecule has 0 radical (unpaired) electrons. The molecule has 2 nitrogen and oxygen atoms in total. The Hall–Kier alpha value is -0.720. The highest BCUT2D eigenvalue weighted by atomic mass is 32.2. The SMILES string of the molecule is FC(F)(F)c1cccc(C2(CN[C@H]3CCSC3)CCOCC2)c1. The minimum Gasteiger partial charge on any atom is -0.381 e. The number of benzene rings is 1. The van der Waals surface area contributed by atoms with Gasteiger partial charge in [-0.2, -0.15) is 24.9 Å². The third-order valence-corrected chi connectivity index (χ3v) is 6.07. The van der Waals surface area contributed by atoms with Crippen molar-refractivity contribution in [3.8, 4) is 0 Å². The fraction of sp³-hybridized carbons (Fsp3) is 0.647. The molecule has 0 saturated carbocycles. The number of alkyl halides is 3. The minimum atomic E-state index is -4.29. The van der Waals surface area contributed by atoms with Crippen LogP contribution in [0.5, 0.6) is 0 Å². The highest BCUT2D eigenvalue weighted by Crippen LogP contribution is 2.38. The van der Waals surface area contributed by atoms with E-state index in [1.807, 2.05) is 17.8 Å². The first kappa shape index (κ1) is 17.1. The zero-order valence-electron chi connectivity index (χ0n) is 13.0. The lowest BCUT2D eigenvalue weighted by Crippen LogP contribution is -2.46. The number of nitrogens with one attached hydrogen (secondary N) is 1. The molecule has 1 N–H and O–H groups in total. The van der Waals surface area contributed by atoms with Crippen LogP contribution >= 0.6 is 11.8 Å². The average Bonchev–Trinajstić information content (AvgIpc) is 3.07. The third-order valence-electron chi connectivity index (χ3n) is 4.91. The summed E-state index contributed by atoms with van der Waals surface area (Å²) in [6.07, 6.45) is -1.62. The van der Waals surface area contributed by atoms with Crippen LogP contribution in [0.3, 0.4) is 0 Å². The van der Waals surface area contributed by atoms with E-state index in [9.17, 15) is 13.2 Å². The van der Waals surface area contributed by atoms with Gasteiger partial charge in [0.05, 0.1) is 5.56 Å². The monoisotopic (exact) mass is 345 g/mol. The van der Waals surface area contributed by atoms with E-state index >= 15 is 0 Å². The summed E-state index contributed by atoms with van der Waals surface area (Å²) >= 11 is 1.93. The van der Waals surface area contributed by atoms with Crippen molar-refractivity contribution in [2.75, 3.05) is 31.3 Å². The van der Waals surface area contributed by atoms with Gasteiger partial charge in [-0.15, -0.1) is 0 Å². The van der Waals surface area contributed by atoms with Crippen LogP contribution in [-0.4, -0.2) is 37.3 Å². The summed E-state index contributed by atoms with van der Waals surface area (Å²) in [6.45, 7) is 1.94. The summed E-state index contributed by atoms with van der Waals surface area (Å²) in [6, 6.07) is 6.32. The molecule has 2 aliphatic heterocycles. The molecule has 2 heterocycles. The second kappa shape index (κ2) is 7.03. The van der Waals surface area contributed by atoms with Gasteiger partial charge in [-0.05, 0) is 36.6 Å². The molecule has 1 aromatic rings. The lowest BCUT2D eigenvalue weighted by Gasteiger charge is -2.39. The molecule has 0 unspecified atom stereocenters. The second-order valence-corrected chi connectivity index (χ2v) is 7.56. The highest BCUT2D eigenvalue weighted by Gasteiger charge is 2.37. The van der Waals surface area contributed by atoms with Crippen molar-refractivity contribution < 1.29 is 17.9 Å². The molecule has 0 bridgehead atoms. The van der Waals surface area contributed by atoms with Gasteiger partial charge < -0.3 is 10.1 Å². The van der Waals surface area contributed by atoms with Gasteiger partial charge in [-0.25, -0.2) is 0 Å². The molecule has 2 saturated heterocycles. The molecular weight excluding hydrogens is 323 g/mol. The molecule has 2 aliphatic rings. The van der Waals surface area contributed by atoms with Crippen LogP contribution in [0.1, 0.15) is 30.4 Å². The molecule has 1 aromatic carbocycles. The molecule has 6 heteroatoms. The van der Waals surface area contributed by atoms with E-state index < -0.39 is 11.7 Å². The van der Waals surface area contributed by atoms with Gasteiger partial charge in [0, 0.05) is 37.0 Å². The van der Waals surface area contributed by atoms with Gasteiger partial charge in [0.2, 0.25) is 0 Å². The summed E-state index contributed by atoms with van der Waals surface area (Å²) in [5, 5.41) is 3.59. The Labute approximate surface area is 139 Å². The molecule has 3 rings (SSSR count). The molecular formula is C17H22F3NOS. The van der Waals surface area contributed by atoms with Crippen molar-refractivity contribution in [2.24, 2.45) is 0 Å². The van der Waals surface area contributed by atoms with E-state index in [0.29, 0.717) is 19.3 Å². The fourth-order valence-electron chi connectivity index (χ4n) is 3.39. The van der Waals surface area contributed by atoms with Gasteiger partial charge in [-0.1, -0.05) is 18.2 Å². The number of hydrogen-bond donors (Lipinski definition) is 1. The number of rotatable bonds is 4. The first-order valence-corrected chi connectivity index (χ1v) is 9.22. The van der Waals surface area contributed by atoms with E-state index in [0.717, 1.165) is 48.9 Å². The van der Waals surface area contributed by atoms with E-state index in [1.54, 1.807) is 0 Å². The van der Waals surface area contributed by atoms with Gasteiger partial charge in [0.15, 0.2) is 0 Å². The molecule has 0 amide bonds. The van der Waals surface area contributed by atoms with Crippen molar-refractivity contribution in [1.82, 2.24) is 5.32 Å². The maximum absolute atomic E-state index is 13.0. The predicted octanol–water partition coefficient (Wildman–Crippen LogP) is 3.85. The van der Waals surface area contributed by atoms with Crippen LogP contribution in [0.4, 0.5) is 13.2 Å². The van der Waals surface area contributed by atoms with Crippen LogP contribution in [0.2, 0.25) is 0 Å². The Kier molecular flexibility index (Phi) is 5.23. The summed E-state index contributed by atoms with van der Waals surface area (Å²) in [7, 11) is 0. The Morgan fingerprint density at radius 1 is 1.26 bits per heavy atom. The molecule has 2 fully saturated rings. The summed E-state index contributed by atoms with van der Waals surface area (Å²) in [5.74, 6) is 2.26. The molecule has 23 heavy (non-hydrogen) atoms. The summed E-state index contributed by atoms with van der Waals surface area (Å²) < 4.78 is 44.6. The van der Waals surface area contributed by atoms with Crippen LogP contribution in [0.15, 0.2) is 24.3 Å². The first-order valence-electron chi connectivity index (χ1n) is 8.06. The molecule has 0 aromatic heterocycles. The lowest BCUT2D eigenvalue weighted by molar-refractivity contribution is -0.137. The van der Waals surface area contributed by atoms with Crippen LogP contribution in [-0.2, 0) is 16.3 Å². The van der Waals surface area contributed by atoms with E-state index in [-0.39, 0.29) is 5.41 Å². The van der Waals surface area contributed by atoms with Gasteiger partial charge in [-0.3, -0.25) is 0 Å². The average molecular weight is 345 g/mol. The van der Waals surface area contributed by atoms with Gasteiger partial charge >= 0.3 is 6.18 Å². The number of ether oxygens (including phenoxy) is 1. The maximum atomic E-state index is 13.0. The van der Waals surface area contributed by atoms with Crippen molar-refractivity contribution in [3.63, 3.8) is 0 Å².